The van der Waals surface area contributed by atoms with Crippen LogP contribution in [0.3, 0.4) is 0 Å². The fourth-order valence-electron chi connectivity index (χ4n) is 3.02. The number of nitriles is 1. The summed E-state index contributed by atoms with van der Waals surface area (Å²) in [6.07, 6.45) is 0.334. The zero-order chi connectivity index (χ0) is 16.9. The Bertz CT molecular complexity index is 813. The molecular formula is C16H15F3N4O. The molecule has 2 aromatic heterocycles. The topological polar surface area (TPSA) is 63.2 Å². The number of nitrogens with zero attached hydrogens (tertiary/aromatic N) is 4. The fourth-order valence-corrected chi connectivity index (χ4v) is 3.02. The van der Waals surface area contributed by atoms with Crippen LogP contribution in [0, 0.1) is 23.2 Å². The summed E-state index contributed by atoms with van der Waals surface area (Å²) in [6, 6.07) is 3.42. The summed E-state index contributed by atoms with van der Waals surface area (Å²) >= 11 is 0. The number of aromatic nitrogens is 3. The lowest BCUT2D eigenvalue weighted by Crippen LogP contribution is -2.33. The maximum atomic E-state index is 13.6. The summed E-state index contributed by atoms with van der Waals surface area (Å²) in [5.74, 6) is 0.686. The lowest BCUT2D eigenvalue weighted by atomic mass is 9.83. The molecule has 0 unspecified atom stereocenters. The summed E-state index contributed by atoms with van der Waals surface area (Å²) in [4.78, 5) is 0. The van der Waals surface area contributed by atoms with Crippen molar-refractivity contribution in [1.29, 1.82) is 5.26 Å². The van der Waals surface area contributed by atoms with Crippen molar-refractivity contribution in [3.8, 4) is 11.8 Å². The summed E-state index contributed by atoms with van der Waals surface area (Å²) in [7, 11) is 0. The molecule has 4 rings (SSSR count). The Labute approximate surface area is 136 Å². The van der Waals surface area contributed by atoms with Crippen LogP contribution < -0.4 is 4.74 Å². The van der Waals surface area contributed by atoms with Gasteiger partial charge in [0.15, 0.2) is 5.65 Å². The van der Waals surface area contributed by atoms with Crippen LogP contribution in [0.25, 0.3) is 5.65 Å². The third-order valence-corrected chi connectivity index (χ3v) is 4.63. The van der Waals surface area contributed by atoms with E-state index in [2.05, 4.69) is 16.3 Å². The molecule has 5 nitrogen and oxygen atoms in total. The maximum Gasteiger partial charge on any atom is 0.423 e. The Kier molecular flexibility index (Phi) is 3.41. The van der Waals surface area contributed by atoms with Crippen LogP contribution in [0.2, 0.25) is 0 Å². The Morgan fingerprint density at radius 2 is 2.04 bits per heavy atom. The van der Waals surface area contributed by atoms with E-state index in [1.54, 1.807) is 0 Å². The van der Waals surface area contributed by atoms with E-state index in [4.69, 9.17) is 10.00 Å². The van der Waals surface area contributed by atoms with Crippen molar-refractivity contribution >= 4 is 5.65 Å². The molecule has 0 N–H and O–H groups in total. The average molecular weight is 336 g/mol. The van der Waals surface area contributed by atoms with Gasteiger partial charge in [0.1, 0.15) is 23.2 Å². The number of pyridine rings is 1. The van der Waals surface area contributed by atoms with Gasteiger partial charge in [0.2, 0.25) is 0 Å². The first-order chi connectivity index (χ1) is 11.5. The smallest absolute Gasteiger partial charge is 0.423 e. The van der Waals surface area contributed by atoms with E-state index in [0.29, 0.717) is 31.0 Å². The molecule has 2 aliphatic carbocycles. The van der Waals surface area contributed by atoms with Crippen molar-refractivity contribution in [3.63, 3.8) is 0 Å². The highest BCUT2D eigenvalue weighted by Gasteiger charge is 2.40. The normalized spacial score (nSPS) is 23.8. The predicted molar refractivity (Wildman–Crippen MR) is 77.2 cm³/mol. The maximum absolute atomic E-state index is 13.6. The van der Waals surface area contributed by atoms with Crippen molar-refractivity contribution in [1.82, 2.24) is 14.6 Å². The van der Waals surface area contributed by atoms with Crippen LogP contribution in [0.4, 0.5) is 13.2 Å². The van der Waals surface area contributed by atoms with E-state index in [9.17, 15) is 13.2 Å². The summed E-state index contributed by atoms with van der Waals surface area (Å²) < 4.78 is 47.6. The second kappa shape index (κ2) is 5.36. The van der Waals surface area contributed by atoms with Crippen molar-refractivity contribution in [2.75, 3.05) is 0 Å². The largest absolute Gasteiger partial charge is 0.489 e. The van der Waals surface area contributed by atoms with E-state index in [-0.39, 0.29) is 23.4 Å². The number of alkyl halides is 3. The van der Waals surface area contributed by atoms with Crippen molar-refractivity contribution in [2.24, 2.45) is 11.8 Å². The van der Waals surface area contributed by atoms with Crippen molar-refractivity contribution < 1.29 is 17.9 Å². The molecule has 0 atom stereocenters. The lowest BCUT2D eigenvalue weighted by Gasteiger charge is -2.31. The lowest BCUT2D eigenvalue weighted by molar-refractivity contribution is -0.138. The number of hydrogen-bond donors (Lipinski definition) is 0. The Morgan fingerprint density at radius 3 is 2.67 bits per heavy atom. The monoisotopic (exact) mass is 336 g/mol. The van der Waals surface area contributed by atoms with Gasteiger partial charge in [-0.3, -0.25) is 4.40 Å². The highest BCUT2D eigenvalue weighted by atomic mass is 19.4. The highest BCUT2D eigenvalue weighted by molar-refractivity contribution is 5.57. The minimum absolute atomic E-state index is 0.133. The van der Waals surface area contributed by atoms with Crippen molar-refractivity contribution in [2.45, 2.75) is 44.4 Å². The molecule has 2 heterocycles. The van der Waals surface area contributed by atoms with E-state index in [1.165, 1.54) is 16.7 Å². The van der Waals surface area contributed by atoms with Gasteiger partial charge in [0.05, 0.1) is 12.0 Å². The first-order valence-electron chi connectivity index (χ1n) is 7.95. The van der Waals surface area contributed by atoms with E-state index in [0.717, 1.165) is 12.8 Å². The minimum atomic E-state index is -4.58. The van der Waals surface area contributed by atoms with Crippen LogP contribution in [0.5, 0.6) is 5.75 Å². The molecule has 0 spiro atoms. The second-order valence-corrected chi connectivity index (χ2v) is 6.55. The van der Waals surface area contributed by atoms with Gasteiger partial charge >= 0.3 is 6.18 Å². The van der Waals surface area contributed by atoms with Gasteiger partial charge in [0, 0.05) is 25.5 Å². The molecule has 2 aromatic rings. The van der Waals surface area contributed by atoms with Crippen molar-refractivity contribution in [3.05, 3.63) is 23.7 Å². The molecule has 2 aliphatic rings. The van der Waals surface area contributed by atoms with Gasteiger partial charge in [0.25, 0.3) is 0 Å². The molecule has 0 aromatic carbocycles. The van der Waals surface area contributed by atoms with Gasteiger partial charge in [-0.05, 0) is 24.8 Å². The van der Waals surface area contributed by atoms with Gasteiger partial charge in [-0.1, -0.05) is 0 Å². The molecule has 0 radical (unpaired) electrons. The third-order valence-electron chi connectivity index (χ3n) is 4.63. The molecule has 2 fully saturated rings. The van der Waals surface area contributed by atoms with Crippen LogP contribution >= 0.6 is 0 Å². The summed E-state index contributed by atoms with van der Waals surface area (Å²) in [5.41, 5.74) is -1.10. The zero-order valence-electron chi connectivity index (χ0n) is 12.8. The van der Waals surface area contributed by atoms with E-state index in [1.807, 2.05) is 0 Å². The molecule has 126 valence electrons. The average Bonchev–Trinajstić information content (AvgIpc) is 3.20. The third kappa shape index (κ3) is 2.68. The number of fused-ring (bicyclic) bond motifs is 1. The molecule has 2 saturated carbocycles. The molecule has 24 heavy (non-hydrogen) atoms. The molecule has 0 amide bonds. The van der Waals surface area contributed by atoms with Gasteiger partial charge in [-0.25, -0.2) is 0 Å². The molecule has 0 aliphatic heterocycles. The van der Waals surface area contributed by atoms with E-state index >= 15 is 0 Å². The van der Waals surface area contributed by atoms with Gasteiger partial charge in [-0.15, -0.1) is 10.2 Å². The number of halogens is 3. The summed E-state index contributed by atoms with van der Waals surface area (Å²) in [5, 5.41) is 16.5. The standard InChI is InChI=1S/C16H15F3N4O/c17-16(18,19)14-12(24-11-5-10(6-11)8-20)3-4-23-13(7-9-1-2-9)21-22-15(14)23/h3-4,9-11H,1-2,5-7H2. The minimum Gasteiger partial charge on any atom is -0.489 e. The number of rotatable bonds is 4. The highest BCUT2D eigenvalue weighted by Crippen LogP contribution is 2.41. The zero-order valence-corrected chi connectivity index (χ0v) is 12.8. The molecular weight excluding hydrogens is 321 g/mol. The van der Waals surface area contributed by atoms with Gasteiger partial charge < -0.3 is 4.74 Å². The molecule has 0 saturated heterocycles. The Morgan fingerprint density at radius 1 is 1.29 bits per heavy atom. The first-order valence-corrected chi connectivity index (χ1v) is 7.95. The fraction of sp³-hybridized carbons (Fsp3) is 0.562. The van der Waals surface area contributed by atoms with Gasteiger partial charge in [-0.2, -0.15) is 18.4 Å². The number of ether oxygens (including phenoxy) is 1. The Balaban J connectivity index is 1.69. The second-order valence-electron chi connectivity index (χ2n) is 6.55. The Hall–Kier alpha value is -2.30. The predicted octanol–water partition coefficient (Wildman–Crippen LogP) is 3.38. The van der Waals surface area contributed by atoms with E-state index < -0.39 is 11.7 Å². The van der Waals surface area contributed by atoms with Crippen LogP contribution in [-0.4, -0.2) is 20.7 Å². The number of hydrogen-bond acceptors (Lipinski definition) is 4. The van der Waals surface area contributed by atoms with Crippen LogP contribution in [-0.2, 0) is 12.6 Å². The SMILES string of the molecule is N#CC1CC(Oc2ccn3c(CC4CC4)nnc3c2C(F)(F)F)C1. The van der Waals surface area contributed by atoms with Crippen LogP contribution in [0.15, 0.2) is 12.3 Å². The first kappa shape index (κ1) is 15.2. The molecule has 8 heteroatoms. The molecule has 0 bridgehead atoms. The summed E-state index contributed by atoms with van der Waals surface area (Å²) in [6.45, 7) is 0. The van der Waals surface area contributed by atoms with Crippen LogP contribution in [0.1, 0.15) is 37.1 Å². The quantitative estimate of drug-likeness (QED) is 0.859.